The predicted octanol–water partition coefficient (Wildman–Crippen LogP) is 4.33. The number of methoxy groups -OCH3 is 2. The number of benzene rings is 2. The molecule has 2 rings (SSSR count). The summed E-state index contributed by atoms with van der Waals surface area (Å²) < 4.78 is 10.6. The molecule has 0 saturated heterocycles. The molecule has 0 spiro atoms. The van der Waals surface area contributed by atoms with E-state index in [0.717, 1.165) is 11.1 Å². The van der Waals surface area contributed by atoms with Crippen LogP contribution in [0.3, 0.4) is 0 Å². The van der Waals surface area contributed by atoms with Crippen LogP contribution in [0.25, 0.3) is 0 Å². The zero-order valence-corrected chi connectivity index (χ0v) is 13.5. The molecule has 3 heteroatoms. The van der Waals surface area contributed by atoms with Gasteiger partial charge in [-0.15, -0.1) is 0 Å². The fraction of sp³-hybridized carbons (Fsp3) is 0.316. The Hall–Kier alpha value is -2.29. The molecule has 0 aromatic heterocycles. The Morgan fingerprint density at radius 3 is 1.91 bits per heavy atom. The molecule has 1 atom stereocenters. The summed E-state index contributed by atoms with van der Waals surface area (Å²) in [5.41, 5.74) is 1.64. The molecule has 0 radical (unpaired) electrons. The summed E-state index contributed by atoms with van der Waals surface area (Å²) in [6.45, 7) is 4.11. The summed E-state index contributed by atoms with van der Waals surface area (Å²) in [7, 11) is 3.23. The van der Waals surface area contributed by atoms with Crippen molar-refractivity contribution in [1.82, 2.24) is 0 Å². The first-order chi connectivity index (χ1) is 10.6. The number of carbonyl (C=O) groups excluding carboxylic acids is 1. The van der Waals surface area contributed by atoms with Crippen LogP contribution in [-0.4, -0.2) is 20.0 Å². The highest BCUT2D eigenvalue weighted by Crippen LogP contribution is 2.33. The summed E-state index contributed by atoms with van der Waals surface area (Å²) in [5, 5.41) is 0. The molecule has 0 saturated carbocycles. The molecule has 0 aliphatic rings. The first-order valence-corrected chi connectivity index (χ1v) is 7.39. The Morgan fingerprint density at radius 2 is 1.45 bits per heavy atom. The SMILES string of the molecule is COc1cc(OC)cc(C(C(=O)c2ccccc2)C(C)C)c1. The molecule has 22 heavy (non-hydrogen) atoms. The fourth-order valence-electron chi connectivity index (χ4n) is 2.63. The summed E-state index contributed by atoms with van der Waals surface area (Å²) in [6.07, 6.45) is 0. The van der Waals surface area contributed by atoms with Crippen LogP contribution in [0.2, 0.25) is 0 Å². The van der Waals surface area contributed by atoms with Gasteiger partial charge < -0.3 is 9.47 Å². The second-order valence-electron chi connectivity index (χ2n) is 5.60. The van der Waals surface area contributed by atoms with Crippen LogP contribution in [0.5, 0.6) is 11.5 Å². The van der Waals surface area contributed by atoms with E-state index in [-0.39, 0.29) is 17.6 Å². The van der Waals surface area contributed by atoms with Gasteiger partial charge in [0.1, 0.15) is 11.5 Å². The lowest BCUT2D eigenvalue weighted by molar-refractivity contribution is 0.0938. The maximum Gasteiger partial charge on any atom is 0.170 e. The van der Waals surface area contributed by atoms with Crippen molar-refractivity contribution in [2.75, 3.05) is 14.2 Å². The highest BCUT2D eigenvalue weighted by atomic mass is 16.5. The van der Waals surface area contributed by atoms with Gasteiger partial charge in [0.2, 0.25) is 0 Å². The standard InChI is InChI=1S/C19H22O3/c1-13(2)18(19(20)14-8-6-5-7-9-14)15-10-16(21-3)12-17(11-15)22-4/h5-13,18H,1-4H3. The lowest BCUT2D eigenvalue weighted by atomic mass is 9.82. The average Bonchev–Trinajstić information content (AvgIpc) is 2.55. The minimum atomic E-state index is -0.230. The van der Waals surface area contributed by atoms with E-state index >= 15 is 0 Å². The number of Topliss-reactive ketones (excluding diaryl/α,β-unsaturated/α-hetero) is 1. The molecular weight excluding hydrogens is 276 g/mol. The quantitative estimate of drug-likeness (QED) is 0.745. The molecule has 0 heterocycles. The second kappa shape index (κ2) is 7.12. The largest absolute Gasteiger partial charge is 0.497 e. The van der Waals surface area contributed by atoms with Gasteiger partial charge in [0.15, 0.2) is 5.78 Å². The summed E-state index contributed by atoms with van der Waals surface area (Å²) in [4.78, 5) is 12.9. The van der Waals surface area contributed by atoms with Crippen LogP contribution in [-0.2, 0) is 0 Å². The van der Waals surface area contributed by atoms with Gasteiger partial charge in [0.25, 0.3) is 0 Å². The maximum atomic E-state index is 12.9. The number of ketones is 1. The van der Waals surface area contributed by atoms with E-state index < -0.39 is 0 Å². The number of rotatable bonds is 6. The van der Waals surface area contributed by atoms with Gasteiger partial charge in [0, 0.05) is 17.5 Å². The number of hydrogen-bond acceptors (Lipinski definition) is 3. The lowest BCUT2D eigenvalue weighted by Gasteiger charge is -2.21. The van der Waals surface area contributed by atoms with Crippen molar-refractivity contribution in [3.05, 3.63) is 59.7 Å². The molecule has 0 amide bonds. The lowest BCUT2D eigenvalue weighted by Crippen LogP contribution is -2.18. The Kier molecular flexibility index (Phi) is 5.21. The van der Waals surface area contributed by atoms with E-state index in [4.69, 9.17) is 9.47 Å². The third kappa shape index (κ3) is 3.48. The van der Waals surface area contributed by atoms with Crippen LogP contribution in [0, 0.1) is 5.92 Å². The smallest absolute Gasteiger partial charge is 0.170 e. The van der Waals surface area contributed by atoms with E-state index in [2.05, 4.69) is 13.8 Å². The van der Waals surface area contributed by atoms with Crippen LogP contribution < -0.4 is 9.47 Å². The fourth-order valence-corrected chi connectivity index (χ4v) is 2.63. The second-order valence-corrected chi connectivity index (χ2v) is 5.60. The highest BCUT2D eigenvalue weighted by Gasteiger charge is 2.26. The molecule has 1 unspecified atom stereocenters. The number of ether oxygens (including phenoxy) is 2. The van der Waals surface area contributed by atoms with Crippen molar-refractivity contribution >= 4 is 5.78 Å². The average molecular weight is 298 g/mol. The van der Waals surface area contributed by atoms with Crippen molar-refractivity contribution in [3.8, 4) is 11.5 Å². The molecule has 3 nitrogen and oxygen atoms in total. The monoisotopic (exact) mass is 298 g/mol. The van der Waals surface area contributed by atoms with Crippen LogP contribution in [0.15, 0.2) is 48.5 Å². The van der Waals surface area contributed by atoms with Gasteiger partial charge in [-0.1, -0.05) is 44.2 Å². The molecular formula is C19H22O3. The van der Waals surface area contributed by atoms with Crippen LogP contribution in [0.1, 0.15) is 35.7 Å². The van der Waals surface area contributed by atoms with Gasteiger partial charge in [-0.2, -0.15) is 0 Å². The minimum absolute atomic E-state index is 0.117. The minimum Gasteiger partial charge on any atom is -0.497 e. The van der Waals surface area contributed by atoms with E-state index in [1.54, 1.807) is 14.2 Å². The van der Waals surface area contributed by atoms with Gasteiger partial charge in [-0.05, 0) is 23.6 Å². The van der Waals surface area contributed by atoms with Crippen molar-refractivity contribution in [1.29, 1.82) is 0 Å². The normalized spacial score (nSPS) is 12.0. The molecule has 0 aliphatic heterocycles. The molecule has 2 aromatic carbocycles. The Bertz CT molecular complexity index is 610. The summed E-state index contributed by atoms with van der Waals surface area (Å²) in [6, 6.07) is 15.0. The van der Waals surface area contributed by atoms with E-state index in [9.17, 15) is 4.79 Å². The molecule has 0 bridgehead atoms. The van der Waals surface area contributed by atoms with Crippen molar-refractivity contribution < 1.29 is 14.3 Å². The summed E-state index contributed by atoms with van der Waals surface area (Å²) >= 11 is 0. The molecule has 2 aromatic rings. The van der Waals surface area contributed by atoms with Crippen molar-refractivity contribution in [2.45, 2.75) is 19.8 Å². The van der Waals surface area contributed by atoms with Gasteiger partial charge in [-0.3, -0.25) is 4.79 Å². The first kappa shape index (κ1) is 16.1. The number of carbonyl (C=O) groups is 1. The van der Waals surface area contributed by atoms with Crippen LogP contribution in [0.4, 0.5) is 0 Å². The van der Waals surface area contributed by atoms with Gasteiger partial charge in [0.05, 0.1) is 14.2 Å². The van der Waals surface area contributed by atoms with Crippen molar-refractivity contribution in [2.24, 2.45) is 5.92 Å². The number of hydrogen-bond donors (Lipinski definition) is 0. The van der Waals surface area contributed by atoms with E-state index in [0.29, 0.717) is 11.5 Å². The zero-order chi connectivity index (χ0) is 16.1. The van der Waals surface area contributed by atoms with Crippen LogP contribution >= 0.6 is 0 Å². The van der Waals surface area contributed by atoms with E-state index in [1.807, 2.05) is 48.5 Å². The Balaban J connectivity index is 2.46. The van der Waals surface area contributed by atoms with E-state index in [1.165, 1.54) is 0 Å². The maximum absolute atomic E-state index is 12.9. The molecule has 116 valence electrons. The summed E-state index contributed by atoms with van der Waals surface area (Å²) in [5.74, 6) is 1.45. The molecule has 0 fully saturated rings. The van der Waals surface area contributed by atoms with Crippen molar-refractivity contribution in [3.63, 3.8) is 0 Å². The third-order valence-corrected chi connectivity index (χ3v) is 3.74. The van der Waals surface area contributed by atoms with Gasteiger partial charge in [-0.25, -0.2) is 0 Å². The Labute approximate surface area is 131 Å². The molecule has 0 aliphatic carbocycles. The predicted molar refractivity (Wildman–Crippen MR) is 87.9 cm³/mol. The zero-order valence-electron chi connectivity index (χ0n) is 13.5. The third-order valence-electron chi connectivity index (χ3n) is 3.74. The van der Waals surface area contributed by atoms with Gasteiger partial charge >= 0.3 is 0 Å². The Morgan fingerprint density at radius 1 is 0.909 bits per heavy atom. The highest BCUT2D eigenvalue weighted by molar-refractivity contribution is 6.01. The topological polar surface area (TPSA) is 35.5 Å². The molecule has 0 N–H and O–H groups in total. The first-order valence-electron chi connectivity index (χ1n) is 7.39.